The lowest BCUT2D eigenvalue weighted by atomic mass is 9.98. The third-order valence-electron chi connectivity index (χ3n) is 5.25. The molecule has 12 heteroatoms. The van der Waals surface area contributed by atoms with Crippen LogP contribution >= 0.6 is 0 Å². The maximum Gasteiger partial charge on any atom is 0.339 e. The third-order valence-corrected chi connectivity index (χ3v) is 5.25. The van der Waals surface area contributed by atoms with Crippen molar-refractivity contribution in [2.45, 2.75) is 24.4 Å². The van der Waals surface area contributed by atoms with Crippen LogP contribution in [0, 0.1) is 0 Å². The van der Waals surface area contributed by atoms with Gasteiger partial charge in [0.2, 0.25) is 0 Å². The minimum absolute atomic E-state index is 0.0206. The molecule has 0 aliphatic carbocycles. The average molecular weight is 478 g/mol. The van der Waals surface area contributed by atoms with E-state index in [0.717, 1.165) is 12.1 Å². The second-order valence-electron chi connectivity index (χ2n) is 8.16. The first-order valence-electron chi connectivity index (χ1n) is 10.8. The van der Waals surface area contributed by atoms with Gasteiger partial charge in [-0.05, 0) is 12.1 Å². The zero-order chi connectivity index (χ0) is 23.7. The van der Waals surface area contributed by atoms with Crippen LogP contribution in [0.1, 0.15) is 41.4 Å². The fourth-order valence-electron chi connectivity index (χ4n) is 2.92. The largest absolute Gasteiger partial charge is 0.459 e. The first kappa shape index (κ1) is 22.7. The maximum absolute atomic E-state index is 12.8. The summed E-state index contributed by atoms with van der Waals surface area (Å²) in [5.41, 5.74) is -1.00. The standard InChI is InChI=1S/C22H22O12/c23-19(31-7-11-3-27-11)15-1-16(20(24)32-8-12-4-28-12)18(22(26)34-10-14-6-30-14)2-17(15)21(25)33-9-13-5-29-13/h1-2,11-14H,3-10H2/t11-,12-,13-,14+/m0/s1. The van der Waals surface area contributed by atoms with E-state index >= 15 is 0 Å². The van der Waals surface area contributed by atoms with Gasteiger partial charge < -0.3 is 37.9 Å². The molecule has 4 atom stereocenters. The van der Waals surface area contributed by atoms with E-state index in [1.54, 1.807) is 0 Å². The Labute approximate surface area is 193 Å². The van der Waals surface area contributed by atoms with Crippen LogP contribution < -0.4 is 0 Å². The van der Waals surface area contributed by atoms with Crippen molar-refractivity contribution in [3.8, 4) is 0 Å². The van der Waals surface area contributed by atoms with Gasteiger partial charge in [-0.15, -0.1) is 0 Å². The third kappa shape index (κ3) is 6.08. The lowest BCUT2D eigenvalue weighted by Gasteiger charge is -2.14. The minimum Gasteiger partial charge on any atom is -0.459 e. The first-order chi connectivity index (χ1) is 16.5. The summed E-state index contributed by atoms with van der Waals surface area (Å²) in [6.07, 6.45) is -0.858. The summed E-state index contributed by atoms with van der Waals surface area (Å²) >= 11 is 0. The van der Waals surface area contributed by atoms with Crippen LogP contribution in [-0.2, 0) is 37.9 Å². The Morgan fingerprint density at radius 2 is 0.735 bits per heavy atom. The number of hydrogen-bond acceptors (Lipinski definition) is 12. The van der Waals surface area contributed by atoms with Gasteiger partial charge in [-0.1, -0.05) is 0 Å². The Kier molecular flexibility index (Phi) is 6.46. The van der Waals surface area contributed by atoms with Crippen molar-refractivity contribution in [1.82, 2.24) is 0 Å². The molecule has 0 N–H and O–H groups in total. The van der Waals surface area contributed by atoms with Gasteiger partial charge in [0, 0.05) is 0 Å². The lowest BCUT2D eigenvalue weighted by Crippen LogP contribution is -2.23. The predicted molar refractivity (Wildman–Crippen MR) is 107 cm³/mol. The fourth-order valence-corrected chi connectivity index (χ4v) is 2.92. The van der Waals surface area contributed by atoms with Crippen LogP contribution in [0.3, 0.4) is 0 Å². The molecule has 0 radical (unpaired) electrons. The Balaban J connectivity index is 1.44. The van der Waals surface area contributed by atoms with Crippen molar-refractivity contribution >= 4 is 23.9 Å². The molecule has 0 unspecified atom stereocenters. The van der Waals surface area contributed by atoms with Gasteiger partial charge in [0.15, 0.2) is 0 Å². The molecule has 0 amide bonds. The molecule has 0 saturated carbocycles. The van der Waals surface area contributed by atoms with E-state index < -0.39 is 23.9 Å². The predicted octanol–water partition coefficient (Wildman–Crippen LogP) is -0.0910. The second-order valence-corrected chi connectivity index (χ2v) is 8.16. The quantitative estimate of drug-likeness (QED) is 0.224. The highest BCUT2D eigenvalue weighted by atomic mass is 16.6. The zero-order valence-electron chi connectivity index (χ0n) is 18.0. The van der Waals surface area contributed by atoms with E-state index in [4.69, 9.17) is 37.9 Å². The SMILES string of the molecule is O=C(OC[C@@H]1CO1)c1cc(C(=O)OC[C@@H]2CO2)c(C(=O)OC[C@H]2CO2)cc1C(=O)OC[C@@H]1CO1. The molecule has 4 fully saturated rings. The van der Waals surface area contributed by atoms with E-state index in [-0.39, 0.29) is 73.1 Å². The molecule has 1 aromatic rings. The van der Waals surface area contributed by atoms with Crippen molar-refractivity contribution in [1.29, 1.82) is 0 Å². The molecular formula is C22H22O12. The van der Waals surface area contributed by atoms with Crippen LogP contribution in [0.15, 0.2) is 12.1 Å². The zero-order valence-corrected chi connectivity index (χ0v) is 18.0. The summed E-state index contributed by atoms with van der Waals surface area (Å²) in [5.74, 6) is -3.51. The molecule has 4 saturated heterocycles. The first-order valence-corrected chi connectivity index (χ1v) is 10.8. The molecule has 182 valence electrons. The maximum atomic E-state index is 12.8. The monoisotopic (exact) mass is 478 g/mol. The molecule has 0 aromatic heterocycles. The molecule has 4 aliphatic heterocycles. The summed E-state index contributed by atoms with van der Waals surface area (Å²) in [4.78, 5) is 51.2. The molecule has 1 aromatic carbocycles. The molecule has 12 nitrogen and oxygen atoms in total. The van der Waals surface area contributed by atoms with E-state index in [0.29, 0.717) is 26.4 Å². The Morgan fingerprint density at radius 1 is 0.529 bits per heavy atom. The van der Waals surface area contributed by atoms with Gasteiger partial charge >= 0.3 is 23.9 Å². The van der Waals surface area contributed by atoms with Crippen LogP contribution in [0.2, 0.25) is 0 Å². The van der Waals surface area contributed by atoms with Crippen LogP contribution in [0.4, 0.5) is 0 Å². The van der Waals surface area contributed by atoms with Crippen LogP contribution in [0.5, 0.6) is 0 Å². The smallest absolute Gasteiger partial charge is 0.339 e. The van der Waals surface area contributed by atoms with Gasteiger partial charge in [-0.25, -0.2) is 19.2 Å². The average Bonchev–Trinajstić information content (AvgIpc) is 3.65. The number of esters is 4. The van der Waals surface area contributed by atoms with E-state index in [1.165, 1.54) is 0 Å². The highest BCUT2D eigenvalue weighted by Crippen LogP contribution is 2.24. The topological polar surface area (TPSA) is 155 Å². The Hall–Kier alpha value is -3.06. The number of hydrogen-bond donors (Lipinski definition) is 0. The van der Waals surface area contributed by atoms with Crippen molar-refractivity contribution in [3.05, 3.63) is 34.4 Å². The number of carbonyl (C=O) groups excluding carboxylic acids is 4. The number of carbonyl (C=O) groups is 4. The molecule has 0 spiro atoms. The van der Waals surface area contributed by atoms with Crippen molar-refractivity contribution in [3.63, 3.8) is 0 Å². The van der Waals surface area contributed by atoms with Gasteiger partial charge in [0.05, 0.1) is 48.7 Å². The van der Waals surface area contributed by atoms with Crippen molar-refractivity contribution < 1.29 is 57.1 Å². The Morgan fingerprint density at radius 3 is 0.912 bits per heavy atom. The lowest BCUT2D eigenvalue weighted by molar-refractivity contribution is 0.0414. The van der Waals surface area contributed by atoms with Crippen molar-refractivity contribution in [2.24, 2.45) is 0 Å². The van der Waals surface area contributed by atoms with Gasteiger partial charge in [0.1, 0.15) is 50.8 Å². The van der Waals surface area contributed by atoms with Crippen molar-refractivity contribution in [2.75, 3.05) is 52.9 Å². The summed E-state index contributed by atoms with van der Waals surface area (Å²) in [6.45, 7) is 1.75. The second kappa shape index (κ2) is 9.66. The fraction of sp³-hybridized carbons (Fsp3) is 0.545. The highest BCUT2D eigenvalue weighted by molar-refractivity contribution is 6.10. The molecule has 34 heavy (non-hydrogen) atoms. The van der Waals surface area contributed by atoms with E-state index in [1.807, 2.05) is 0 Å². The summed E-state index contributed by atoms with van der Waals surface area (Å²) < 4.78 is 41.0. The number of benzene rings is 1. The summed E-state index contributed by atoms with van der Waals surface area (Å²) in [6, 6.07) is 2.17. The van der Waals surface area contributed by atoms with Gasteiger partial charge in [-0.2, -0.15) is 0 Å². The number of rotatable bonds is 12. The van der Waals surface area contributed by atoms with E-state index in [9.17, 15) is 19.2 Å². The summed E-state index contributed by atoms with van der Waals surface area (Å²) in [5, 5.41) is 0. The molecule has 0 bridgehead atoms. The van der Waals surface area contributed by atoms with E-state index in [2.05, 4.69) is 0 Å². The van der Waals surface area contributed by atoms with Gasteiger partial charge in [-0.3, -0.25) is 0 Å². The molecular weight excluding hydrogens is 456 g/mol. The molecule has 4 heterocycles. The molecule has 5 rings (SSSR count). The Bertz CT molecular complexity index is 834. The molecule has 4 aliphatic rings. The summed E-state index contributed by atoms with van der Waals surface area (Å²) in [7, 11) is 0. The number of ether oxygens (including phenoxy) is 8. The number of epoxide rings is 4. The van der Waals surface area contributed by atoms with Gasteiger partial charge in [0.25, 0.3) is 0 Å². The van der Waals surface area contributed by atoms with Crippen LogP contribution in [-0.4, -0.2) is 101 Å². The highest BCUT2D eigenvalue weighted by Gasteiger charge is 2.33. The normalized spacial score (nSPS) is 25.6. The van der Waals surface area contributed by atoms with Crippen LogP contribution in [0.25, 0.3) is 0 Å². The minimum atomic E-state index is -0.879.